The van der Waals surface area contributed by atoms with Crippen LogP contribution in [0.15, 0.2) is 59.5 Å². The maximum Gasteiger partial charge on any atom is 0.333 e. The molecule has 188 valence electrons. The van der Waals surface area contributed by atoms with Crippen molar-refractivity contribution in [2.45, 2.75) is 52.0 Å². The Balaban J connectivity index is 1.69. The van der Waals surface area contributed by atoms with Crippen LogP contribution >= 0.6 is 24.0 Å². The molecule has 0 saturated carbocycles. The third-order valence-corrected chi connectivity index (χ3v) is 7.72. The standard InChI is InChI=1S/C28H30N2O4S2/c1-3-5-6-7-13-18-29-21-17-12-11-16-20(21)22(25(29)31)24-26(32)30(28(35)36-24)23(27(33)34-4-2)19-14-9-8-10-15-19/h8-12,14-17,23H,3-7,13,18H2,1-2H3/b24-22-. The van der Waals surface area contributed by atoms with Gasteiger partial charge in [0.2, 0.25) is 0 Å². The lowest BCUT2D eigenvalue weighted by Gasteiger charge is -2.25. The van der Waals surface area contributed by atoms with Crippen LogP contribution in [0.3, 0.4) is 0 Å². The predicted octanol–water partition coefficient (Wildman–Crippen LogP) is 5.88. The van der Waals surface area contributed by atoms with E-state index in [2.05, 4.69) is 6.92 Å². The van der Waals surface area contributed by atoms with Gasteiger partial charge in [0.15, 0.2) is 6.04 Å². The number of anilines is 1. The molecule has 2 heterocycles. The molecular weight excluding hydrogens is 492 g/mol. The predicted molar refractivity (Wildman–Crippen MR) is 147 cm³/mol. The Kier molecular flexibility index (Phi) is 8.59. The first-order chi connectivity index (χ1) is 17.5. The van der Waals surface area contributed by atoms with E-state index < -0.39 is 17.9 Å². The second-order valence-electron chi connectivity index (χ2n) is 8.70. The first-order valence-corrected chi connectivity index (χ1v) is 13.6. The second-order valence-corrected chi connectivity index (χ2v) is 10.3. The molecule has 0 N–H and O–H groups in total. The van der Waals surface area contributed by atoms with E-state index in [0.29, 0.717) is 17.7 Å². The lowest BCUT2D eigenvalue weighted by atomic mass is 10.0. The fourth-order valence-corrected chi connectivity index (χ4v) is 5.98. The van der Waals surface area contributed by atoms with Gasteiger partial charge >= 0.3 is 5.97 Å². The third kappa shape index (κ3) is 5.11. The van der Waals surface area contributed by atoms with E-state index in [0.717, 1.165) is 48.7 Å². The van der Waals surface area contributed by atoms with Crippen LogP contribution in [0.4, 0.5) is 5.69 Å². The van der Waals surface area contributed by atoms with Gasteiger partial charge in [0.1, 0.15) is 4.32 Å². The van der Waals surface area contributed by atoms with Gasteiger partial charge in [-0.15, -0.1) is 0 Å². The largest absolute Gasteiger partial charge is 0.464 e. The Morgan fingerprint density at radius 1 is 0.944 bits per heavy atom. The molecule has 1 unspecified atom stereocenters. The highest BCUT2D eigenvalue weighted by Crippen LogP contribution is 2.46. The number of thioether (sulfide) groups is 1. The van der Waals surface area contributed by atoms with Crippen molar-refractivity contribution in [3.8, 4) is 0 Å². The molecule has 4 rings (SSSR count). The van der Waals surface area contributed by atoms with E-state index in [9.17, 15) is 14.4 Å². The summed E-state index contributed by atoms with van der Waals surface area (Å²) < 4.78 is 5.53. The van der Waals surface area contributed by atoms with E-state index in [1.807, 2.05) is 30.3 Å². The minimum atomic E-state index is -1.02. The summed E-state index contributed by atoms with van der Waals surface area (Å²) in [5.41, 5.74) is 2.49. The SMILES string of the molecule is CCCCCCCN1C(=O)/C(=C2\SC(=S)N(C(C(=O)OCC)c3ccccc3)C2=O)c2ccccc21. The number of hydrogen-bond donors (Lipinski definition) is 0. The number of ether oxygens (including phenoxy) is 1. The number of carbonyl (C=O) groups excluding carboxylic acids is 3. The summed E-state index contributed by atoms with van der Waals surface area (Å²) in [6.45, 7) is 4.67. The summed E-state index contributed by atoms with van der Waals surface area (Å²) in [6, 6.07) is 15.5. The summed E-state index contributed by atoms with van der Waals surface area (Å²) in [7, 11) is 0. The summed E-state index contributed by atoms with van der Waals surface area (Å²) in [6.07, 6.45) is 5.43. The first kappa shape index (κ1) is 26.1. The number of esters is 1. The lowest BCUT2D eigenvalue weighted by Crippen LogP contribution is -2.38. The van der Waals surface area contributed by atoms with Crippen LogP contribution in [0.1, 0.15) is 63.1 Å². The minimum absolute atomic E-state index is 0.178. The van der Waals surface area contributed by atoms with Crippen LogP contribution in [0.25, 0.3) is 5.57 Å². The van der Waals surface area contributed by atoms with Gasteiger partial charge in [-0.25, -0.2) is 4.79 Å². The van der Waals surface area contributed by atoms with Gasteiger partial charge in [-0.05, 0) is 25.0 Å². The van der Waals surface area contributed by atoms with E-state index in [1.165, 1.54) is 11.3 Å². The maximum atomic E-state index is 13.8. The van der Waals surface area contributed by atoms with E-state index in [-0.39, 0.29) is 21.7 Å². The van der Waals surface area contributed by atoms with Crippen molar-refractivity contribution in [3.05, 3.63) is 70.6 Å². The molecule has 2 aliphatic heterocycles. The van der Waals surface area contributed by atoms with Gasteiger partial charge in [-0.1, -0.05) is 105 Å². The number of para-hydroxylation sites is 1. The molecule has 0 bridgehead atoms. The van der Waals surface area contributed by atoms with Gasteiger partial charge in [0.25, 0.3) is 11.8 Å². The molecule has 36 heavy (non-hydrogen) atoms. The van der Waals surface area contributed by atoms with Crippen molar-refractivity contribution in [3.63, 3.8) is 0 Å². The molecule has 0 spiro atoms. The van der Waals surface area contributed by atoms with Crippen molar-refractivity contribution >= 4 is 57.3 Å². The number of carbonyl (C=O) groups is 3. The highest BCUT2D eigenvalue weighted by Gasteiger charge is 2.46. The zero-order chi connectivity index (χ0) is 25.7. The molecule has 2 aromatic carbocycles. The summed E-state index contributed by atoms with van der Waals surface area (Å²) in [4.78, 5) is 43.8. The van der Waals surface area contributed by atoms with Gasteiger partial charge in [-0.2, -0.15) is 0 Å². The maximum absolute atomic E-state index is 13.8. The second kappa shape index (κ2) is 11.8. The van der Waals surface area contributed by atoms with Crippen molar-refractivity contribution in [1.82, 2.24) is 4.90 Å². The lowest BCUT2D eigenvalue weighted by molar-refractivity contribution is -0.151. The van der Waals surface area contributed by atoms with Crippen LogP contribution in [0, 0.1) is 0 Å². The Morgan fingerprint density at radius 3 is 2.36 bits per heavy atom. The average molecular weight is 523 g/mol. The van der Waals surface area contributed by atoms with Crippen molar-refractivity contribution in [1.29, 1.82) is 0 Å². The van der Waals surface area contributed by atoms with Gasteiger partial charge in [0.05, 0.1) is 22.8 Å². The molecule has 0 aromatic heterocycles. The summed E-state index contributed by atoms with van der Waals surface area (Å²) >= 11 is 6.66. The number of rotatable bonds is 10. The fraction of sp³-hybridized carbons (Fsp3) is 0.357. The van der Waals surface area contributed by atoms with Crippen LogP contribution in [-0.2, 0) is 19.1 Å². The summed E-state index contributed by atoms with van der Waals surface area (Å²) in [5.74, 6) is -1.20. The molecular formula is C28H30N2O4S2. The van der Waals surface area contributed by atoms with E-state index in [4.69, 9.17) is 17.0 Å². The average Bonchev–Trinajstić information content (AvgIpc) is 3.32. The summed E-state index contributed by atoms with van der Waals surface area (Å²) in [5, 5.41) is 0. The van der Waals surface area contributed by atoms with E-state index >= 15 is 0 Å². The molecule has 2 aromatic rings. The highest BCUT2D eigenvalue weighted by molar-refractivity contribution is 8.26. The molecule has 6 nitrogen and oxygen atoms in total. The molecule has 0 radical (unpaired) electrons. The van der Waals surface area contributed by atoms with Crippen LogP contribution in [-0.4, -0.2) is 40.2 Å². The highest BCUT2D eigenvalue weighted by atomic mass is 32.2. The van der Waals surface area contributed by atoms with E-state index in [1.54, 1.807) is 36.1 Å². The number of benzene rings is 2. The van der Waals surface area contributed by atoms with Gasteiger partial charge < -0.3 is 9.64 Å². The zero-order valence-electron chi connectivity index (χ0n) is 20.6. The molecule has 0 aliphatic carbocycles. The number of fused-ring (bicyclic) bond motifs is 1. The number of nitrogens with zero attached hydrogens (tertiary/aromatic N) is 2. The van der Waals surface area contributed by atoms with Crippen molar-refractivity contribution < 1.29 is 19.1 Å². The van der Waals surface area contributed by atoms with Gasteiger partial charge in [-0.3, -0.25) is 14.5 Å². The topological polar surface area (TPSA) is 66.9 Å². The Labute approximate surface area is 221 Å². The van der Waals surface area contributed by atoms with Crippen LogP contribution in [0.5, 0.6) is 0 Å². The van der Waals surface area contributed by atoms with Crippen molar-refractivity contribution in [2.75, 3.05) is 18.1 Å². The van der Waals surface area contributed by atoms with Gasteiger partial charge in [0, 0.05) is 12.1 Å². The number of amides is 2. The number of thiocarbonyl (C=S) groups is 1. The minimum Gasteiger partial charge on any atom is -0.464 e. The number of unbranched alkanes of at least 4 members (excludes halogenated alkanes) is 4. The molecule has 1 fully saturated rings. The Bertz CT molecular complexity index is 1200. The molecule has 8 heteroatoms. The fourth-order valence-electron chi connectivity index (χ4n) is 4.60. The monoisotopic (exact) mass is 522 g/mol. The number of hydrogen-bond acceptors (Lipinski definition) is 6. The third-order valence-electron chi connectivity index (χ3n) is 6.32. The van der Waals surface area contributed by atoms with Crippen LogP contribution < -0.4 is 4.90 Å². The molecule has 2 aliphatic rings. The quantitative estimate of drug-likeness (QED) is 0.168. The normalized spacial score (nSPS) is 18.1. The first-order valence-electron chi connectivity index (χ1n) is 12.4. The van der Waals surface area contributed by atoms with Crippen LogP contribution in [0.2, 0.25) is 0 Å². The molecule has 1 atom stereocenters. The van der Waals surface area contributed by atoms with Crippen molar-refractivity contribution in [2.24, 2.45) is 0 Å². The Morgan fingerprint density at radius 2 is 1.64 bits per heavy atom. The molecule has 2 amide bonds. The zero-order valence-corrected chi connectivity index (χ0v) is 22.2. The molecule has 1 saturated heterocycles. The smallest absolute Gasteiger partial charge is 0.333 e. The Hall–Kier alpha value is -2.97.